The van der Waals surface area contributed by atoms with Crippen LogP contribution in [0.25, 0.3) is 0 Å². The number of hydrogen-bond donors (Lipinski definition) is 2. The maximum absolute atomic E-state index is 12.5. The number of carbonyl (C=O) groups is 2. The number of amides is 1. The van der Waals surface area contributed by atoms with Crippen molar-refractivity contribution in [2.75, 3.05) is 5.32 Å². The Balaban J connectivity index is 3.26. The van der Waals surface area contributed by atoms with Gasteiger partial charge in [-0.1, -0.05) is 6.58 Å². The molecule has 96 valence electrons. The van der Waals surface area contributed by atoms with Crippen LogP contribution in [0, 0.1) is 0 Å². The Morgan fingerprint density at radius 3 is 2.33 bits per heavy atom. The van der Waals surface area contributed by atoms with Crippen molar-refractivity contribution in [3.63, 3.8) is 0 Å². The topological polar surface area (TPSA) is 66.4 Å². The lowest BCUT2D eigenvalue weighted by atomic mass is 10.1. The lowest BCUT2D eigenvalue weighted by molar-refractivity contribution is -0.137. The summed E-state index contributed by atoms with van der Waals surface area (Å²) in [6.45, 7) is 3.13. The highest BCUT2D eigenvalue weighted by atomic mass is 19.4. The number of hydrogen-bond acceptors (Lipinski definition) is 2. The molecule has 0 spiro atoms. The summed E-state index contributed by atoms with van der Waals surface area (Å²) in [6, 6.07) is 2.07. The molecule has 7 heteroatoms. The second-order valence-electron chi connectivity index (χ2n) is 3.30. The van der Waals surface area contributed by atoms with Gasteiger partial charge in [0.25, 0.3) is 0 Å². The molecule has 18 heavy (non-hydrogen) atoms. The second kappa shape index (κ2) is 4.91. The van der Waals surface area contributed by atoms with Crippen molar-refractivity contribution in [2.45, 2.75) is 6.18 Å². The number of halogens is 3. The Morgan fingerprint density at radius 1 is 1.28 bits per heavy atom. The third-order valence-electron chi connectivity index (χ3n) is 1.96. The SMILES string of the molecule is C=CC(=O)Nc1cc(C(=O)O)cc(C(F)(F)F)c1. The van der Waals surface area contributed by atoms with Crippen molar-refractivity contribution in [1.82, 2.24) is 0 Å². The molecular weight excluding hydrogens is 251 g/mol. The first kappa shape index (κ1) is 13.8. The second-order valence-corrected chi connectivity index (χ2v) is 3.30. The molecule has 0 fully saturated rings. The summed E-state index contributed by atoms with van der Waals surface area (Å²) in [5, 5.41) is 10.8. The number of nitrogens with one attached hydrogen (secondary N) is 1. The molecule has 0 atom stereocenters. The molecule has 4 nitrogen and oxygen atoms in total. The fourth-order valence-corrected chi connectivity index (χ4v) is 1.18. The fraction of sp³-hybridized carbons (Fsp3) is 0.0909. The standard InChI is InChI=1S/C11H8F3NO3/c1-2-9(16)15-8-4-6(10(17)18)3-7(5-8)11(12,13)14/h2-5H,1H2,(H,15,16)(H,17,18). The normalized spacial score (nSPS) is 10.8. The number of carboxylic acid groups (broad SMARTS) is 1. The zero-order chi connectivity index (χ0) is 13.9. The van der Waals surface area contributed by atoms with E-state index in [2.05, 4.69) is 11.9 Å². The van der Waals surface area contributed by atoms with Crippen LogP contribution in [0.5, 0.6) is 0 Å². The van der Waals surface area contributed by atoms with Gasteiger partial charge in [-0.05, 0) is 24.3 Å². The summed E-state index contributed by atoms with van der Waals surface area (Å²) < 4.78 is 37.5. The molecule has 0 heterocycles. The first-order valence-electron chi connectivity index (χ1n) is 4.63. The van der Waals surface area contributed by atoms with Gasteiger partial charge >= 0.3 is 12.1 Å². The fourth-order valence-electron chi connectivity index (χ4n) is 1.18. The Morgan fingerprint density at radius 2 is 1.89 bits per heavy atom. The van der Waals surface area contributed by atoms with Crippen LogP contribution in [0.4, 0.5) is 18.9 Å². The van der Waals surface area contributed by atoms with Crippen molar-refractivity contribution in [3.8, 4) is 0 Å². The van der Waals surface area contributed by atoms with E-state index >= 15 is 0 Å². The quantitative estimate of drug-likeness (QED) is 0.819. The van der Waals surface area contributed by atoms with Gasteiger partial charge in [0.15, 0.2) is 0 Å². The average molecular weight is 259 g/mol. The number of aromatic carboxylic acids is 1. The Bertz CT molecular complexity index is 509. The first-order chi connectivity index (χ1) is 8.24. The molecule has 0 aliphatic carbocycles. The Kier molecular flexibility index (Phi) is 3.75. The van der Waals surface area contributed by atoms with Gasteiger partial charge in [-0.3, -0.25) is 4.79 Å². The molecule has 0 bridgehead atoms. The number of anilines is 1. The smallest absolute Gasteiger partial charge is 0.416 e. The highest BCUT2D eigenvalue weighted by Gasteiger charge is 2.31. The molecule has 2 N–H and O–H groups in total. The van der Waals surface area contributed by atoms with E-state index in [1.165, 1.54) is 0 Å². The van der Waals surface area contributed by atoms with Crippen LogP contribution in [-0.4, -0.2) is 17.0 Å². The molecular formula is C11H8F3NO3. The molecule has 1 amide bonds. The lowest BCUT2D eigenvalue weighted by Crippen LogP contribution is -2.12. The third-order valence-corrected chi connectivity index (χ3v) is 1.96. The average Bonchev–Trinajstić information content (AvgIpc) is 2.27. The number of carboxylic acids is 1. The van der Waals surface area contributed by atoms with Gasteiger partial charge in [-0.2, -0.15) is 13.2 Å². The van der Waals surface area contributed by atoms with Crippen LogP contribution in [0.2, 0.25) is 0 Å². The van der Waals surface area contributed by atoms with E-state index in [-0.39, 0.29) is 5.69 Å². The van der Waals surface area contributed by atoms with Gasteiger partial charge in [0.1, 0.15) is 0 Å². The summed E-state index contributed by atoms with van der Waals surface area (Å²) in [6.07, 6.45) is -3.83. The lowest BCUT2D eigenvalue weighted by Gasteiger charge is -2.10. The van der Waals surface area contributed by atoms with Crippen LogP contribution in [0.3, 0.4) is 0 Å². The van der Waals surface area contributed by atoms with Crippen molar-refractivity contribution >= 4 is 17.6 Å². The van der Waals surface area contributed by atoms with Gasteiger partial charge < -0.3 is 10.4 Å². The van der Waals surface area contributed by atoms with Crippen molar-refractivity contribution < 1.29 is 27.9 Å². The van der Waals surface area contributed by atoms with E-state index in [1.54, 1.807) is 0 Å². The molecule has 0 aliphatic heterocycles. The Labute approximate surface area is 99.7 Å². The summed E-state index contributed by atoms with van der Waals surface area (Å²) >= 11 is 0. The maximum atomic E-state index is 12.5. The number of rotatable bonds is 3. The Hall–Kier alpha value is -2.31. The molecule has 1 aromatic rings. The van der Waals surface area contributed by atoms with Crippen molar-refractivity contribution in [2.24, 2.45) is 0 Å². The summed E-state index contributed by atoms with van der Waals surface area (Å²) in [5.41, 5.74) is -1.97. The first-order valence-corrected chi connectivity index (χ1v) is 4.63. The van der Waals surface area contributed by atoms with Gasteiger partial charge in [0.05, 0.1) is 11.1 Å². The van der Waals surface area contributed by atoms with E-state index in [9.17, 15) is 22.8 Å². The van der Waals surface area contributed by atoms with Gasteiger partial charge in [0.2, 0.25) is 5.91 Å². The summed E-state index contributed by atoms with van der Waals surface area (Å²) in [4.78, 5) is 21.7. The van der Waals surface area contributed by atoms with E-state index in [1.807, 2.05) is 0 Å². The van der Waals surface area contributed by atoms with Crippen molar-refractivity contribution in [3.05, 3.63) is 42.0 Å². The third kappa shape index (κ3) is 3.34. The van der Waals surface area contributed by atoms with E-state index in [0.717, 1.165) is 12.1 Å². The molecule has 0 radical (unpaired) electrons. The summed E-state index contributed by atoms with van der Waals surface area (Å²) in [7, 11) is 0. The van der Waals surface area contributed by atoms with Gasteiger partial charge in [0, 0.05) is 5.69 Å². The number of alkyl halides is 3. The molecule has 1 aromatic carbocycles. The molecule has 0 saturated heterocycles. The van der Waals surface area contributed by atoms with Crippen LogP contribution >= 0.6 is 0 Å². The highest BCUT2D eigenvalue weighted by Crippen LogP contribution is 2.32. The zero-order valence-corrected chi connectivity index (χ0v) is 8.91. The predicted molar refractivity (Wildman–Crippen MR) is 57.2 cm³/mol. The van der Waals surface area contributed by atoms with E-state index in [4.69, 9.17) is 5.11 Å². The monoisotopic (exact) mass is 259 g/mol. The van der Waals surface area contributed by atoms with Gasteiger partial charge in [-0.15, -0.1) is 0 Å². The summed E-state index contributed by atoms with van der Waals surface area (Å²) in [5.74, 6) is -2.25. The van der Waals surface area contributed by atoms with E-state index in [0.29, 0.717) is 12.1 Å². The molecule has 0 unspecified atom stereocenters. The molecule has 0 aliphatic rings. The van der Waals surface area contributed by atoms with Crippen LogP contribution in [0.15, 0.2) is 30.9 Å². The minimum Gasteiger partial charge on any atom is -0.478 e. The van der Waals surface area contributed by atoms with Crippen LogP contribution < -0.4 is 5.32 Å². The maximum Gasteiger partial charge on any atom is 0.416 e. The van der Waals surface area contributed by atoms with Gasteiger partial charge in [-0.25, -0.2) is 4.79 Å². The van der Waals surface area contributed by atoms with E-state index < -0.39 is 29.2 Å². The number of carbonyl (C=O) groups excluding carboxylic acids is 1. The number of benzene rings is 1. The van der Waals surface area contributed by atoms with Crippen LogP contribution in [0.1, 0.15) is 15.9 Å². The minimum absolute atomic E-state index is 0.257. The highest BCUT2D eigenvalue weighted by molar-refractivity contribution is 6.00. The predicted octanol–water partition coefficient (Wildman–Crippen LogP) is 2.53. The zero-order valence-electron chi connectivity index (χ0n) is 8.91. The largest absolute Gasteiger partial charge is 0.478 e. The molecule has 0 saturated carbocycles. The van der Waals surface area contributed by atoms with Crippen molar-refractivity contribution in [1.29, 1.82) is 0 Å². The minimum atomic E-state index is -4.70. The molecule has 1 rings (SSSR count). The molecule has 0 aromatic heterocycles. The van der Waals surface area contributed by atoms with Crippen LogP contribution in [-0.2, 0) is 11.0 Å².